The van der Waals surface area contributed by atoms with E-state index in [1.165, 1.54) is 34.4 Å². The van der Waals surface area contributed by atoms with Gasteiger partial charge in [0, 0.05) is 17.7 Å². The van der Waals surface area contributed by atoms with Crippen LogP contribution in [0.25, 0.3) is 11.1 Å². The highest BCUT2D eigenvalue weighted by Crippen LogP contribution is 2.49. The van der Waals surface area contributed by atoms with Gasteiger partial charge in [-0.1, -0.05) is 57.8 Å². The molecule has 32 heavy (non-hydrogen) atoms. The maximum absolute atomic E-state index is 13.1. The summed E-state index contributed by atoms with van der Waals surface area (Å²) in [6.07, 6.45) is 3.53. The highest BCUT2D eigenvalue weighted by molar-refractivity contribution is 7.68. The second kappa shape index (κ2) is 9.20. The molecule has 0 saturated carbocycles. The van der Waals surface area contributed by atoms with E-state index < -0.39 is 5.54 Å². The van der Waals surface area contributed by atoms with Crippen molar-refractivity contribution in [3.05, 3.63) is 63.1 Å². The predicted octanol–water partition coefficient (Wildman–Crippen LogP) is 7.14. The molecular weight excluding hydrogens is 434 g/mol. The van der Waals surface area contributed by atoms with Crippen molar-refractivity contribution in [3.8, 4) is 11.1 Å². The van der Waals surface area contributed by atoms with Gasteiger partial charge in [-0.15, -0.1) is 0 Å². The number of aryl methyl sites for hydroxylation is 2. The molecule has 4 rings (SSSR count). The number of carbonyl (C=O) groups excluding carboxylic acids is 1. The maximum atomic E-state index is 13.1. The van der Waals surface area contributed by atoms with E-state index in [1.54, 1.807) is 20.7 Å². The van der Waals surface area contributed by atoms with E-state index in [4.69, 9.17) is 4.99 Å². The quantitative estimate of drug-likeness (QED) is 0.400. The number of nitrogens with zero attached hydrogens (tertiary/aromatic N) is 2. The third kappa shape index (κ3) is 4.14. The zero-order chi connectivity index (χ0) is 22.9. The van der Waals surface area contributed by atoms with E-state index in [2.05, 4.69) is 75.5 Å². The Morgan fingerprint density at radius 1 is 1.09 bits per heavy atom. The molecule has 0 spiro atoms. The van der Waals surface area contributed by atoms with Crippen LogP contribution in [0, 0.1) is 6.92 Å². The van der Waals surface area contributed by atoms with Gasteiger partial charge >= 0.3 is 6.03 Å². The van der Waals surface area contributed by atoms with Gasteiger partial charge in [-0.3, -0.25) is 4.90 Å². The fraction of sp³-hybridized carbons (Fsp3) is 0.385. The molecule has 0 unspecified atom stereocenters. The first kappa shape index (κ1) is 22.7. The number of rotatable bonds is 5. The van der Waals surface area contributed by atoms with Crippen LogP contribution in [0.2, 0.25) is 0 Å². The predicted molar refractivity (Wildman–Crippen MR) is 137 cm³/mol. The minimum absolute atomic E-state index is 0.0622. The molecule has 1 aromatic heterocycles. The van der Waals surface area contributed by atoms with Gasteiger partial charge in [0.2, 0.25) is 0 Å². The average Bonchev–Trinajstić information content (AvgIpc) is 3.19. The Labute approximate surface area is 198 Å². The Hall–Kier alpha value is -2.44. The smallest absolute Gasteiger partial charge is 0.322 e. The minimum atomic E-state index is -0.463. The van der Waals surface area contributed by atoms with Gasteiger partial charge in [-0.25, -0.2) is 9.79 Å². The zero-order valence-electron chi connectivity index (χ0n) is 19.5. The molecule has 1 N–H and O–H groups in total. The number of benzene rings is 2. The van der Waals surface area contributed by atoms with E-state index in [9.17, 15) is 4.79 Å². The average molecular weight is 466 g/mol. The van der Waals surface area contributed by atoms with Gasteiger partial charge in [-0.05, 0) is 70.4 Å². The van der Waals surface area contributed by atoms with Crippen molar-refractivity contribution in [2.45, 2.75) is 59.4 Å². The number of hydrogen-bond acceptors (Lipinski definition) is 4. The molecular formula is C26H31N3OS2. The van der Waals surface area contributed by atoms with Gasteiger partial charge in [0.25, 0.3) is 0 Å². The Balaban J connectivity index is 1.84. The maximum Gasteiger partial charge on any atom is 0.322 e. The Morgan fingerprint density at radius 2 is 1.84 bits per heavy atom. The van der Waals surface area contributed by atoms with Crippen LogP contribution in [0.1, 0.15) is 56.5 Å². The summed E-state index contributed by atoms with van der Waals surface area (Å²) in [7, 11) is 3.42. The number of fused-ring (bicyclic) bond motifs is 3. The molecule has 4 nitrogen and oxygen atoms in total. The van der Waals surface area contributed by atoms with E-state index >= 15 is 0 Å². The lowest BCUT2D eigenvalue weighted by Gasteiger charge is -2.42. The van der Waals surface area contributed by atoms with Gasteiger partial charge in [0.15, 0.2) is 0 Å². The summed E-state index contributed by atoms with van der Waals surface area (Å²) in [6.45, 7) is 11.1. The Kier molecular flexibility index (Phi) is 6.54. The summed E-state index contributed by atoms with van der Waals surface area (Å²) >= 11 is 0. The van der Waals surface area contributed by atoms with Crippen LogP contribution >= 0.6 is 20.7 Å². The number of urea groups is 1. The first-order chi connectivity index (χ1) is 15.4. The molecule has 3 aromatic rings. The number of carbonyl (C=O) groups is 1. The molecule has 0 radical (unpaired) electrons. The molecule has 1 aliphatic rings. The highest BCUT2D eigenvalue weighted by Gasteiger charge is 2.43. The second-order valence-electron chi connectivity index (χ2n) is 8.81. The summed E-state index contributed by atoms with van der Waals surface area (Å²) in [5.41, 5.74) is 6.24. The normalized spacial score (nSPS) is 14.8. The Bertz CT molecular complexity index is 1190. The molecule has 2 aromatic carbocycles. The fourth-order valence-corrected chi connectivity index (χ4v) is 7.22. The van der Waals surface area contributed by atoms with E-state index in [0.717, 1.165) is 28.0 Å². The SMILES string of the molecule is CCCCc1ccc(N=c2ssc3c2-c2cc(C)ccc2N(C(=O)NCC)C3(C)C)cc1. The molecule has 0 saturated heterocycles. The second-order valence-corrected chi connectivity index (χ2v) is 10.9. The molecule has 0 fully saturated rings. The summed E-state index contributed by atoms with van der Waals surface area (Å²) < 4.78 is 1.02. The van der Waals surface area contributed by atoms with Gasteiger partial charge in [0.1, 0.15) is 4.67 Å². The van der Waals surface area contributed by atoms with Crippen LogP contribution < -0.4 is 14.9 Å². The van der Waals surface area contributed by atoms with Crippen molar-refractivity contribution >= 4 is 38.1 Å². The number of nitrogens with one attached hydrogen (secondary N) is 1. The lowest BCUT2D eigenvalue weighted by molar-refractivity contribution is 0.240. The zero-order valence-corrected chi connectivity index (χ0v) is 21.1. The molecule has 0 bridgehead atoms. The van der Waals surface area contributed by atoms with E-state index in [0.29, 0.717) is 6.54 Å². The van der Waals surface area contributed by atoms with Gasteiger partial charge in [-0.2, -0.15) is 0 Å². The monoisotopic (exact) mass is 465 g/mol. The molecule has 0 aliphatic carbocycles. The molecule has 1 aliphatic heterocycles. The van der Waals surface area contributed by atoms with Crippen molar-refractivity contribution in [2.75, 3.05) is 11.4 Å². The summed E-state index contributed by atoms with van der Waals surface area (Å²) in [6, 6.07) is 14.9. The first-order valence-corrected chi connectivity index (χ1v) is 13.5. The van der Waals surface area contributed by atoms with Crippen molar-refractivity contribution in [3.63, 3.8) is 0 Å². The largest absolute Gasteiger partial charge is 0.338 e. The van der Waals surface area contributed by atoms with Crippen molar-refractivity contribution in [1.29, 1.82) is 0 Å². The number of hydrogen-bond donors (Lipinski definition) is 1. The third-order valence-corrected chi connectivity index (χ3v) is 8.57. The molecule has 2 amide bonds. The topological polar surface area (TPSA) is 44.7 Å². The minimum Gasteiger partial charge on any atom is -0.338 e. The Morgan fingerprint density at radius 3 is 2.53 bits per heavy atom. The number of unbranched alkanes of at least 4 members (excludes halogenated alkanes) is 1. The standard InChI is InChI=1S/C26H31N3OS2/c1-6-8-9-18-11-13-19(14-12-18)28-24-22-20-16-17(3)10-15-21(20)29(25(30)27-7-2)26(4,5)23(22)31-32-24/h10-16H,6-9H2,1-5H3,(H,27,30). The van der Waals surface area contributed by atoms with Crippen LogP contribution in [0.15, 0.2) is 47.5 Å². The summed E-state index contributed by atoms with van der Waals surface area (Å²) in [5.74, 6) is 0. The van der Waals surface area contributed by atoms with Gasteiger partial charge in [0.05, 0.1) is 21.8 Å². The number of anilines is 1. The molecule has 0 atom stereocenters. The van der Waals surface area contributed by atoms with Crippen LogP contribution in [-0.4, -0.2) is 12.6 Å². The summed E-state index contributed by atoms with van der Waals surface area (Å²) in [4.78, 5) is 21.2. The van der Waals surface area contributed by atoms with Gasteiger partial charge < -0.3 is 5.32 Å². The van der Waals surface area contributed by atoms with E-state index in [1.807, 2.05) is 11.8 Å². The lowest BCUT2D eigenvalue weighted by Crippen LogP contribution is -2.52. The van der Waals surface area contributed by atoms with Crippen LogP contribution in [0.4, 0.5) is 16.2 Å². The molecule has 6 heteroatoms. The first-order valence-electron chi connectivity index (χ1n) is 11.3. The van der Waals surface area contributed by atoms with Crippen LogP contribution in [0.5, 0.6) is 0 Å². The van der Waals surface area contributed by atoms with Crippen molar-refractivity contribution < 1.29 is 4.79 Å². The van der Waals surface area contributed by atoms with Crippen molar-refractivity contribution in [2.24, 2.45) is 4.99 Å². The van der Waals surface area contributed by atoms with Crippen molar-refractivity contribution in [1.82, 2.24) is 5.32 Å². The van der Waals surface area contributed by atoms with E-state index in [-0.39, 0.29) is 6.03 Å². The van der Waals surface area contributed by atoms with Crippen LogP contribution in [-0.2, 0) is 12.0 Å². The third-order valence-electron chi connectivity index (χ3n) is 5.94. The fourth-order valence-electron chi connectivity index (χ4n) is 4.26. The highest BCUT2D eigenvalue weighted by atomic mass is 32.9. The molecule has 2 heterocycles. The van der Waals surface area contributed by atoms with Crippen LogP contribution in [0.3, 0.4) is 0 Å². The number of amides is 2. The lowest BCUT2D eigenvalue weighted by atomic mass is 9.87. The summed E-state index contributed by atoms with van der Waals surface area (Å²) in [5, 5.41) is 3.00. The molecule has 168 valence electrons.